The number of benzene rings is 2. The normalized spacial score (nSPS) is 10.3. The molecule has 0 saturated carbocycles. The molecule has 0 aliphatic rings. The third-order valence-electron chi connectivity index (χ3n) is 3.29. The molecular formula is C17H17F2NO2. The Balaban J connectivity index is 1.83. The van der Waals surface area contributed by atoms with Gasteiger partial charge in [0.1, 0.15) is 5.82 Å². The number of hydrogen-bond donors (Lipinski definition) is 1. The number of carbonyl (C=O) groups is 1. The molecule has 0 aliphatic heterocycles. The molecule has 0 saturated heterocycles. The molecule has 2 rings (SSSR count). The minimum absolute atomic E-state index is 0.141. The summed E-state index contributed by atoms with van der Waals surface area (Å²) in [6.07, 6.45) is 0.615. The lowest BCUT2D eigenvalue weighted by Gasteiger charge is -2.07. The van der Waals surface area contributed by atoms with Gasteiger partial charge in [0.25, 0.3) is 0 Å². The Hall–Kier alpha value is -2.43. The lowest BCUT2D eigenvalue weighted by atomic mass is 10.1. The smallest absolute Gasteiger partial charge is 0.220 e. The lowest BCUT2D eigenvalue weighted by Crippen LogP contribution is -2.23. The van der Waals surface area contributed by atoms with Crippen molar-refractivity contribution in [2.75, 3.05) is 7.11 Å². The predicted octanol–water partition coefficient (Wildman–Crippen LogP) is 3.22. The van der Waals surface area contributed by atoms with Gasteiger partial charge in [-0.3, -0.25) is 4.79 Å². The van der Waals surface area contributed by atoms with Crippen LogP contribution in [0.5, 0.6) is 5.75 Å². The van der Waals surface area contributed by atoms with Crippen molar-refractivity contribution in [2.45, 2.75) is 19.4 Å². The molecule has 116 valence electrons. The molecule has 22 heavy (non-hydrogen) atoms. The molecular weight excluding hydrogens is 288 g/mol. The van der Waals surface area contributed by atoms with E-state index in [0.717, 1.165) is 0 Å². The number of carbonyl (C=O) groups excluding carboxylic acids is 1. The fourth-order valence-corrected chi connectivity index (χ4v) is 2.05. The quantitative estimate of drug-likeness (QED) is 0.890. The van der Waals surface area contributed by atoms with Crippen molar-refractivity contribution in [3.05, 3.63) is 65.2 Å². The third kappa shape index (κ3) is 4.28. The van der Waals surface area contributed by atoms with E-state index in [0.29, 0.717) is 17.5 Å². The van der Waals surface area contributed by atoms with E-state index in [2.05, 4.69) is 5.32 Å². The summed E-state index contributed by atoms with van der Waals surface area (Å²) in [6.45, 7) is 0.141. The third-order valence-corrected chi connectivity index (χ3v) is 3.29. The van der Waals surface area contributed by atoms with Crippen LogP contribution in [0.2, 0.25) is 0 Å². The van der Waals surface area contributed by atoms with Gasteiger partial charge < -0.3 is 10.1 Å². The van der Waals surface area contributed by atoms with E-state index >= 15 is 0 Å². The van der Waals surface area contributed by atoms with Gasteiger partial charge in [-0.2, -0.15) is 0 Å². The maximum Gasteiger partial charge on any atom is 0.220 e. The summed E-state index contributed by atoms with van der Waals surface area (Å²) in [5.74, 6) is -0.834. The monoisotopic (exact) mass is 305 g/mol. The number of ether oxygens (including phenoxy) is 1. The number of amides is 1. The highest BCUT2D eigenvalue weighted by molar-refractivity contribution is 5.76. The van der Waals surface area contributed by atoms with Crippen molar-refractivity contribution >= 4 is 5.91 Å². The van der Waals surface area contributed by atoms with E-state index in [4.69, 9.17) is 4.74 Å². The summed E-state index contributed by atoms with van der Waals surface area (Å²) in [5, 5.41) is 2.65. The number of halogens is 2. The molecule has 0 radical (unpaired) electrons. The summed E-state index contributed by atoms with van der Waals surface area (Å²) in [4.78, 5) is 11.8. The SMILES string of the molecule is COc1ccc(CCC(=O)NCc2ccccc2F)cc1F. The van der Waals surface area contributed by atoms with Gasteiger partial charge in [0.2, 0.25) is 5.91 Å². The van der Waals surface area contributed by atoms with Crippen molar-refractivity contribution in [1.29, 1.82) is 0 Å². The maximum atomic E-state index is 13.5. The maximum absolute atomic E-state index is 13.5. The second kappa shape index (κ2) is 7.54. The highest BCUT2D eigenvalue weighted by Gasteiger charge is 2.07. The molecule has 2 aromatic rings. The molecule has 0 atom stereocenters. The van der Waals surface area contributed by atoms with Gasteiger partial charge in [-0.1, -0.05) is 24.3 Å². The highest BCUT2D eigenvalue weighted by atomic mass is 19.1. The van der Waals surface area contributed by atoms with Crippen LogP contribution < -0.4 is 10.1 Å². The van der Waals surface area contributed by atoms with E-state index in [-0.39, 0.29) is 30.4 Å². The Morgan fingerprint density at radius 2 is 1.91 bits per heavy atom. The van der Waals surface area contributed by atoms with Gasteiger partial charge in [0.15, 0.2) is 11.6 Å². The first-order valence-electron chi connectivity index (χ1n) is 6.92. The Morgan fingerprint density at radius 1 is 1.14 bits per heavy atom. The summed E-state index contributed by atoms with van der Waals surface area (Å²) in [6, 6.07) is 10.9. The van der Waals surface area contributed by atoms with Crippen molar-refractivity contribution < 1.29 is 18.3 Å². The number of nitrogens with one attached hydrogen (secondary N) is 1. The largest absolute Gasteiger partial charge is 0.494 e. The van der Waals surface area contributed by atoms with Gasteiger partial charge in [-0.05, 0) is 30.2 Å². The first-order valence-corrected chi connectivity index (χ1v) is 6.92. The Labute approximate surface area is 127 Å². The topological polar surface area (TPSA) is 38.3 Å². The molecule has 0 aliphatic carbocycles. The van der Waals surface area contributed by atoms with E-state index in [1.807, 2.05) is 0 Å². The van der Waals surface area contributed by atoms with Crippen LogP contribution in [0.15, 0.2) is 42.5 Å². The predicted molar refractivity (Wildman–Crippen MR) is 79.5 cm³/mol. The Bertz CT molecular complexity index is 659. The summed E-state index contributed by atoms with van der Waals surface area (Å²) in [7, 11) is 1.40. The number of methoxy groups -OCH3 is 1. The van der Waals surface area contributed by atoms with Crippen LogP contribution in [0.1, 0.15) is 17.5 Å². The van der Waals surface area contributed by atoms with E-state index in [1.54, 1.807) is 24.3 Å². The van der Waals surface area contributed by atoms with Crippen LogP contribution in [0.25, 0.3) is 0 Å². The van der Waals surface area contributed by atoms with Crippen molar-refractivity contribution in [1.82, 2.24) is 5.32 Å². The first-order chi connectivity index (χ1) is 10.6. The summed E-state index contributed by atoms with van der Waals surface area (Å²) >= 11 is 0. The van der Waals surface area contributed by atoms with Crippen molar-refractivity contribution in [3.8, 4) is 5.75 Å². The van der Waals surface area contributed by atoms with E-state index in [1.165, 1.54) is 25.3 Å². The van der Waals surface area contributed by atoms with Gasteiger partial charge in [-0.25, -0.2) is 8.78 Å². The average Bonchev–Trinajstić information content (AvgIpc) is 2.52. The van der Waals surface area contributed by atoms with Gasteiger partial charge in [0, 0.05) is 18.5 Å². The van der Waals surface area contributed by atoms with Crippen molar-refractivity contribution in [3.63, 3.8) is 0 Å². The number of rotatable bonds is 6. The van der Waals surface area contributed by atoms with E-state index in [9.17, 15) is 13.6 Å². The van der Waals surface area contributed by atoms with E-state index < -0.39 is 5.82 Å². The molecule has 0 bridgehead atoms. The molecule has 2 aromatic carbocycles. The molecule has 0 heterocycles. The van der Waals surface area contributed by atoms with Crippen LogP contribution in [0, 0.1) is 11.6 Å². The molecule has 1 N–H and O–H groups in total. The van der Waals surface area contributed by atoms with Crippen LogP contribution in [-0.2, 0) is 17.8 Å². The Morgan fingerprint density at radius 3 is 2.59 bits per heavy atom. The minimum Gasteiger partial charge on any atom is -0.494 e. The standard InChI is InChI=1S/C17H17F2NO2/c1-22-16-8-6-12(10-15(16)19)7-9-17(21)20-11-13-4-2-3-5-14(13)18/h2-6,8,10H,7,9,11H2,1H3,(H,20,21). The highest BCUT2D eigenvalue weighted by Crippen LogP contribution is 2.18. The zero-order valence-electron chi connectivity index (χ0n) is 12.2. The Kier molecular flexibility index (Phi) is 5.47. The second-order valence-electron chi connectivity index (χ2n) is 4.84. The summed E-state index contributed by atoms with van der Waals surface area (Å²) in [5.41, 5.74) is 1.14. The minimum atomic E-state index is -0.452. The molecule has 0 aromatic heterocycles. The summed E-state index contributed by atoms with van der Waals surface area (Å²) < 4.78 is 31.8. The lowest BCUT2D eigenvalue weighted by molar-refractivity contribution is -0.121. The molecule has 0 spiro atoms. The molecule has 0 unspecified atom stereocenters. The van der Waals surface area contributed by atoms with Crippen LogP contribution >= 0.6 is 0 Å². The van der Waals surface area contributed by atoms with Crippen molar-refractivity contribution in [2.24, 2.45) is 0 Å². The number of hydrogen-bond acceptors (Lipinski definition) is 2. The zero-order valence-corrected chi connectivity index (χ0v) is 12.2. The average molecular weight is 305 g/mol. The van der Waals surface area contributed by atoms with Gasteiger partial charge in [0.05, 0.1) is 7.11 Å². The van der Waals surface area contributed by atoms with Gasteiger partial charge in [-0.15, -0.1) is 0 Å². The van der Waals surface area contributed by atoms with Gasteiger partial charge >= 0.3 is 0 Å². The fourth-order valence-electron chi connectivity index (χ4n) is 2.05. The first kappa shape index (κ1) is 15.9. The molecule has 0 fully saturated rings. The molecule has 3 nitrogen and oxygen atoms in total. The zero-order chi connectivity index (χ0) is 15.9. The molecule has 1 amide bonds. The number of aryl methyl sites for hydroxylation is 1. The fraction of sp³-hybridized carbons (Fsp3) is 0.235. The second-order valence-corrected chi connectivity index (χ2v) is 4.84. The molecule has 5 heteroatoms. The van der Waals surface area contributed by atoms with Crippen LogP contribution in [-0.4, -0.2) is 13.0 Å². The van der Waals surface area contributed by atoms with Crippen LogP contribution in [0.4, 0.5) is 8.78 Å². The van der Waals surface area contributed by atoms with Crippen LogP contribution in [0.3, 0.4) is 0 Å².